The molecule has 0 aliphatic heterocycles. The van der Waals surface area contributed by atoms with E-state index >= 15 is 0 Å². The summed E-state index contributed by atoms with van der Waals surface area (Å²) in [5.74, 6) is -1.07. The molecule has 0 atom stereocenters. The van der Waals surface area contributed by atoms with Gasteiger partial charge < -0.3 is 9.84 Å². The van der Waals surface area contributed by atoms with E-state index in [4.69, 9.17) is 9.84 Å². The highest BCUT2D eigenvalue weighted by molar-refractivity contribution is 9.10. The third-order valence-electron chi connectivity index (χ3n) is 3.90. The molecule has 1 aromatic carbocycles. The van der Waals surface area contributed by atoms with Crippen molar-refractivity contribution in [1.82, 2.24) is 19.5 Å². The second kappa shape index (κ2) is 8.53. The number of aliphatic hydroxyl groups excluding tert-OH is 1. The molecule has 0 fully saturated rings. The van der Waals surface area contributed by atoms with E-state index in [9.17, 15) is 13.6 Å². The van der Waals surface area contributed by atoms with Gasteiger partial charge in [0.25, 0.3) is 5.56 Å². The molecule has 2 heterocycles. The Morgan fingerprint density at radius 1 is 1.21 bits per heavy atom. The molecule has 0 saturated carbocycles. The Hall–Kier alpha value is -2.72. The van der Waals surface area contributed by atoms with Crippen molar-refractivity contribution in [1.29, 1.82) is 0 Å². The number of aryl methyl sites for hydroxylation is 1. The van der Waals surface area contributed by atoms with Gasteiger partial charge in [-0.3, -0.25) is 19.3 Å². The molecule has 0 bridgehead atoms. The topological polar surface area (TPSA) is 90.1 Å². The normalized spacial score (nSPS) is 10.9. The van der Waals surface area contributed by atoms with Crippen LogP contribution < -0.4 is 10.3 Å². The average molecular weight is 453 g/mol. The molecule has 0 unspecified atom stereocenters. The maximum atomic E-state index is 13.7. The molecule has 3 rings (SSSR count). The number of hydrogen-bond donors (Lipinski definition) is 1. The van der Waals surface area contributed by atoms with Gasteiger partial charge in [-0.05, 0) is 35.0 Å². The van der Waals surface area contributed by atoms with E-state index in [-0.39, 0.29) is 35.7 Å². The van der Waals surface area contributed by atoms with Crippen molar-refractivity contribution >= 4 is 15.9 Å². The van der Waals surface area contributed by atoms with E-state index in [2.05, 4.69) is 30.9 Å². The Labute approximate surface area is 166 Å². The fourth-order valence-corrected chi connectivity index (χ4v) is 2.80. The van der Waals surface area contributed by atoms with Crippen LogP contribution in [0.5, 0.6) is 5.88 Å². The minimum absolute atomic E-state index is 0.00388. The van der Waals surface area contributed by atoms with Crippen LogP contribution in [-0.2, 0) is 19.8 Å². The first-order valence-electron chi connectivity index (χ1n) is 8.13. The Morgan fingerprint density at radius 3 is 2.57 bits per heavy atom. The van der Waals surface area contributed by atoms with Gasteiger partial charge in [-0.1, -0.05) is 0 Å². The smallest absolute Gasteiger partial charge is 0.272 e. The predicted molar refractivity (Wildman–Crippen MR) is 98.7 cm³/mol. The molecule has 146 valence electrons. The summed E-state index contributed by atoms with van der Waals surface area (Å²) in [6, 6.07) is 3.14. The zero-order valence-corrected chi connectivity index (χ0v) is 16.3. The van der Waals surface area contributed by atoms with Crippen LogP contribution in [0.4, 0.5) is 8.78 Å². The summed E-state index contributed by atoms with van der Waals surface area (Å²) >= 11 is 3.16. The molecular formula is C18H15BrF2N4O3. The monoisotopic (exact) mass is 452 g/mol. The number of halogens is 3. The summed E-state index contributed by atoms with van der Waals surface area (Å²) < 4.78 is 33.6. The van der Waals surface area contributed by atoms with Gasteiger partial charge in [0.15, 0.2) is 0 Å². The van der Waals surface area contributed by atoms with Crippen molar-refractivity contribution in [2.24, 2.45) is 0 Å². The summed E-state index contributed by atoms with van der Waals surface area (Å²) in [4.78, 5) is 25.0. The molecule has 10 heteroatoms. The largest absolute Gasteiger partial charge is 0.472 e. The zero-order chi connectivity index (χ0) is 20.3. The Kier molecular flexibility index (Phi) is 6.10. The van der Waals surface area contributed by atoms with E-state index < -0.39 is 17.2 Å². The molecule has 28 heavy (non-hydrogen) atoms. The standard InChI is InChI=1S/C18H15BrF2N4O3/c1-10-24-17(28-9-11-2-3-12(20)4-15(11)21)16(19)18(27)25(10)7-13-5-23-14(8-26)6-22-13/h2-6,26H,7-9H2,1H3. The Bertz CT molecular complexity index is 1060. The average Bonchev–Trinajstić information content (AvgIpc) is 2.68. The van der Waals surface area contributed by atoms with Gasteiger partial charge in [0.1, 0.15) is 28.5 Å². The van der Waals surface area contributed by atoms with Gasteiger partial charge in [0.05, 0.1) is 36.9 Å². The van der Waals surface area contributed by atoms with Crippen LogP contribution in [0.25, 0.3) is 0 Å². The van der Waals surface area contributed by atoms with Gasteiger partial charge >= 0.3 is 0 Å². The lowest BCUT2D eigenvalue weighted by Crippen LogP contribution is -2.26. The number of nitrogens with zero attached hydrogens (tertiary/aromatic N) is 4. The molecule has 0 radical (unpaired) electrons. The summed E-state index contributed by atoms with van der Waals surface area (Å²) in [6.45, 7) is 1.31. The van der Waals surface area contributed by atoms with Gasteiger partial charge in [-0.25, -0.2) is 8.78 Å². The Morgan fingerprint density at radius 2 is 1.93 bits per heavy atom. The van der Waals surface area contributed by atoms with E-state index in [0.29, 0.717) is 17.2 Å². The van der Waals surface area contributed by atoms with Crippen LogP contribution in [0.1, 0.15) is 22.8 Å². The van der Waals surface area contributed by atoms with Gasteiger partial charge in [-0.15, -0.1) is 0 Å². The minimum Gasteiger partial charge on any atom is -0.472 e. The lowest BCUT2D eigenvalue weighted by molar-refractivity contribution is 0.276. The summed E-state index contributed by atoms with van der Waals surface area (Å²) in [5, 5.41) is 9.01. The van der Waals surface area contributed by atoms with Gasteiger partial charge in [0.2, 0.25) is 5.88 Å². The molecule has 7 nitrogen and oxygen atoms in total. The van der Waals surface area contributed by atoms with E-state index in [1.54, 1.807) is 6.92 Å². The minimum atomic E-state index is -0.744. The van der Waals surface area contributed by atoms with E-state index in [1.807, 2.05) is 0 Å². The van der Waals surface area contributed by atoms with Crippen LogP contribution >= 0.6 is 15.9 Å². The second-order valence-electron chi connectivity index (χ2n) is 5.85. The third kappa shape index (κ3) is 4.39. The molecule has 0 spiro atoms. The van der Waals surface area contributed by atoms with Crippen molar-refractivity contribution in [3.8, 4) is 5.88 Å². The van der Waals surface area contributed by atoms with Crippen LogP contribution in [-0.4, -0.2) is 24.6 Å². The molecule has 0 saturated heterocycles. The maximum Gasteiger partial charge on any atom is 0.272 e. The summed E-state index contributed by atoms with van der Waals surface area (Å²) in [7, 11) is 0. The fourth-order valence-electron chi connectivity index (χ4n) is 2.39. The molecule has 3 aromatic rings. The van der Waals surface area contributed by atoms with Crippen molar-refractivity contribution in [3.63, 3.8) is 0 Å². The highest BCUT2D eigenvalue weighted by atomic mass is 79.9. The molecule has 0 amide bonds. The van der Waals surface area contributed by atoms with Gasteiger partial charge in [-0.2, -0.15) is 4.98 Å². The number of aromatic nitrogens is 4. The van der Waals surface area contributed by atoms with Crippen molar-refractivity contribution in [2.75, 3.05) is 0 Å². The highest BCUT2D eigenvalue weighted by Gasteiger charge is 2.15. The first kappa shape index (κ1) is 20.0. The number of hydrogen-bond acceptors (Lipinski definition) is 6. The fraction of sp³-hybridized carbons (Fsp3) is 0.222. The molecule has 2 aromatic heterocycles. The lowest BCUT2D eigenvalue weighted by atomic mass is 10.2. The van der Waals surface area contributed by atoms with Crippen LogP contribution in [0.15, 0.2) is 39.9 Å². The SMILES string of the molecule is Cc1nc(OCc2ccc(F)cc2F)c(Br)c(=O)n1Cc1cnc(CO)cn1. The number of ether oxygens (including phenoxy) is 1. The zero-order valence-electron chi connectivity index (χ0n) is 14.7. The molecular weight excluding hydrogens is 438 g/mol. The molecule has 1 N–H and O–H groups in total. The van der Waals surface area contributed by atoms with Crippen molar-refractivity contribution < 1.29 is 18.6 Å². The number of aliphatic hydroxyl groups is 1. The maximum absolute atomic E-state index is 13.7. The second-order valence-corrected chi connectivity index (χ2v) is 6.64. The predicted octanol–water partition coefficient (Wildman–Crippen LogP) is 2.50. The van der Waals surface area contributed by atoms with Gasteiger partial charge in [0, 0.05) is 11.6 Å². The highest BCUT2D eigenvalue weighted by Crippen LogP contribution is 2.21. The quantitative estimate of drug-likeness (QED) is 0.617. The first-order chi connectivity index (χ1) is 13.4. The molecule has 0 aliphatic carbocycles. The van der Waals surface area contributed by atoms with E-state index in [1.165, 1.54) is 23.0 Å². The van der Waals surface area contributed by atoms with E-state index in [0.717, 1.165) is 12.1 Å². The van der Waals surface area contributed by atoms with Crippen LogP contribution in [0.3, 0.4) is 0 Å². The van der Waals surface area contributed by atoms with Crippen molar-refractivity contribution in [3.05, 3.63) is 79.8 Å². The summed E-state index contributed by atoms with van der Waals surface area (Å²) in [5.41, 5.74) is 0.661. The number of rotatable bonds is 6. The third-order valence-corrected chi connectivity index (χ3v) is 4.57. The Balaban J connectivity index is 1.82. The summed E-state index contributed by atoms with van der Waals surface area (Å²) in [6.07, 6.45) is 2.89. The van der Waals surface area contributed by atoms with Crippen molar-refractivity contribution in [2.45, 2.75) is 26.7 Å². The van der Waals surface area contributed by atoms with Crippen LogP contribution in [0.2, 0.25) is 0 Å². The molecule has 0 aliphatic rings. The first-order valence-corrected chi connectivity index (χ1v) is 8.92. The van der Waals surface area contributed by atoms with Crippen LogP contribution in [0, 0.1) is 18.6 Å². The number of benzene rings is 1. The lowest BCUT2D eigenvalue weighted by Gasteiger charge is -2.13.